The van der Waals surface area contributed by atoms with Gasteiger partial charge in [-0.25, -0.2) is 4.18 Å². The fourth-order valence-corrected chi connectivity index (χ4v) is 3.40. The molecule has 2 atom stereocenters. The fraction of sp³-hybridized carbons (Fsp3) is 1.00. The molecule has 14 heavy (non-hydrogen) atoms. The Morgan fingerprint density at radius 3 is 2.36 bits per heavy atom. The molecular weight excluding hydrogens is 204 g/mol. The van der Waals surface area contributed by atoms with Crippen molar-refractivity contribution in [2.45, 2.75) is 32.5 Å². The molecule has 0 aromatic heterocycles. The summed E-state index contributed by atoms with van der Waals surface area (Å²) < 4.78 is 33.0. The van der Waals surface area contributed by atoms with Crippen molar-refractivity contribution in [1.82, 2.24) is 0 Å². The lowest BCUT2D eigenvalue weighted by molar-refractivity contribution is -0.191. The van der Waals surface area contributed by atoms with Crippen LogP contribution in [-0.4, -0.2) is 27.1 Å². The van der Waals surface area contributed by atoms with Crippen molar-refractivity contribution in [3.63, 3.8) is 0 Å². The molecule has 0 aromatic carbocycles. The Bertz CT molecular complexity index is 336. The van der Waals surface area contributed by atoms with Crippen LogP contribution in [0.3, 0.4) is 0 Å². The summed E-state index contributed by atoms with van der Waals surface area (Å²) in [5, 5.41) is 0. The summed E-state index contributed by atoms with van der Waals surface area (Å²) in [6, 6.07) is 0. The van der Waals surface area contributed by atoms with Gasteiger partial charge in [0.1, 0.15) is 0 Å². The smallest absolute Gasteiger partial charge is 0.267 e. The lowest BCUT2D eigenvalue weighted by Crippen LogP contribution is -2.43. The van der Waals surface area contributed by atoms with Crippen LogP contribution >= 0.6 is 0 Å². The zero-order valence-corrected chi connectivity index (χ0v) is 9.56. The van der Waals surface area contributed by atoms with Crippen LogP contribution in [0.1, 0.15) is 26.7 Å². The van der Waals surface area contributed by atoms with Gasteiger partial charge in [0.25, 0.3) is 10.1 Å². The number of fused-ring (bicyclic) bond motifs is 2. The molecule has 0 radical (unpaired) electrons. The van der Waals surface area contributed by atoms with E-state index in [1.165, 1.54) is 0 Å². The van der Waals surface area contributed by atoms with Crippen LogP contribution in [0, 0.1) is 11.3 Å². The zero-order valence-electron chi connectivity index (χ0n) is 8.74. The minimum Gasteiger partial charge on any atom is -0.348 e. The molecule has 1 heterocycles. The van der Waals surface area contributed by atoms with Gasteiger partial charge in [-0.3, -0.25) is 0 Å². The van der Waals surface area contributed by atoms with Crippen LogP contribution in [0.4, 0.5) is 0 Å². The Morgan fingerprint density at radius 1 is 1.43 bits per heavy atom. The summed E-state index contributed by atoms with van der Waals surface area (Å²) in [5.74, 6) is -0.477. The molecule has 82 valence electrons. The van der Waals surface area contributed by atoms with Crippen LogP contribution in [0.5, 0.6) is 0 Å². The highest BCUT2D eigenvalue weighted by Crippen LogP contribution is 2.58. The molecule has 0 unspecified atom stereocenters. The van der Waals surface area contributed by atoms with Gasteiger partial charge < -0.3 is 4.74 Å². The first-order valence-electron chi connectivity index (χ1n) is 4.81. The highest BCUT2D eigenvalue weighted by molar-refractivity contribution is 7.86. The zero-order chi connectivity index (χ0) is 10.6. The minimum absolute atomic E-state index is 0.198. The van der Waals surface area contributed by atoms with Crippen LogP contribution < -0.4 is 0 Å². The standard InChI is InChI=1S/C9H16O4S/c1-8(2)7-4-5-9(8,12-6-7)13-14(3,10)11/h7H,4-6H2,1-3H3/t7-,9-/m0/s1. The molecule has 2 fully saturated rings. The van der Waals surface area contributed by atoms with Gasteiger partial charge in [0.05, 0.1) is 12.9 Å². The van der Waals surface area contributed by atoms with E-state index in [1.54, 1.807) is 0 Å². The Morgan fingerprint density at radius 2 is 2.07 bits per heavy atom. The van der Waals surface area contributed by atoms with E-state index in [2.05, 4.69) is 0 Å². The third-order valence-corrected chi connectivity index (χ3v) is 4.20. The van der Waals surface area contributed by atoms with Crippen molar-refractivity contribution in [2.75, 3.05) is 12.9 Å². The Labute approximate surface area is 84.7 Å². The second kappa shape index (κ2) is 2.71. The molecule has 2 rings (SSSR count). The predicted molar refractivity (Wildman–Crippen MR) is 51.1 cm³/mol. The van der Waals surface area contributed by atoms with Crippen molar-refractivity contribution in [2.24, 2.45) is 11.3 Å². The van der Waals surface area contributed by atoms with Crippen LogP contribution in [-0.2, 0) is 19.0 Å². The van der Waals surface area contributed by atoms with Crippen molar-refractivity contribution < 1.29 is 17.3 Å². The second-order valence-electron chi connectivity index (χ2n) is 4.81. The highest BCUT2D eigenvalue weighted by atomic mass is 32.2. The summed E-state index contributed by atoms with van der Waals surface area (Å²) in [6.45, 7) is 4.65. The fourth-order valence-electron chi connectivity index (χ4n) is 2.56. The summed E-state index contributed by atoms with van der Waals surface area (Å²) in [4.78, 5) is 0. The first-order valence-corrected chi connectivity index (χ1v) is 6.63. The van der Waals surface area contributed by atoms with Crippen LogP contribution in [0.2, 0.25) is 0 Å². The number of hydrogen-bond acceptors (Lipinski definition) is 4. The third kappa shape index (κ3) is 1.30. The van der Waals surface area contributed by atoms with E-state index in [9.17, 15) is 8.42 Å². The van der Waals surface area contributed by atoms with Crippen molar-refractivity contribution in [3.8, 4) is 0 Å². The molecule has 0 N–H and O–H groups in total. The summed E-state index contributed by atoms with van der Waals surface area (Å²) in [5.41, 5.74) is -0.198. The van der Waals surface area contributed by atoms with Gasteiger partial charge >= 0.3 is 0 Å². The van der Waals surface area contributed by atoms with Gasteiger partial charge in [-0.15, -0.1) is 0 Å². The topological polar surface area (TPSA) is 52.6 Å². The molecule has 2 bridgehead atoms. The summed E-state index contributed by atoms with van der Waals surface area (Å²) in [6.07, 6.45) is 2.74. The second-order valence-corrected chi connectivity index (χ2v) is 6.38. The van der Waals surface area contributed by atoms with Gasteiger partial charge in [0.2, 0.25) is 0 Å². The van der Waals surface area contributed by atoms with Gasteiger partial charge in [0, 0.05) is 11.8 Å². The van der Waals surface area contributed by atoms with Crippen molar-refractivity contribution in [1.29, 1.82) is 0 Å². The average Bonchev–Trinajstić information content (AvgIpc) is 2.34. The first-order chi connectivity index (χ1) is 6.27. The van der Waals surface area contributed by atoms with Crippen molar-refractivity contribution >= 4 is 10.1 Å². The molecule has 1 aliphatic heterocycles. The largest absolute Gasteiger partial charge is 0.348 e. The summed E-state index contributed by atoms with van der Waals surface area (Å²) in [7, 11) is -3.45. The van der Waals surface area contributed by atoms with E-state index in [4.69, 9.17) is 8.92 Å². The van der Waals surface area contributed by atoms with E-state index in [0.29, 0.717) is 18.9 Å². The summed E-state index contributed by atoms with van der Waals surface area (Å²) >= 11 is 0. The molecule has 2 aliphatic rings. The number of rotatable bonds is 2. The Hall–Kier alpha value is -0.130. The van der Waals surface area contributed by atoms with Gasteiger partial charge in [-0.05, 0) is 12.3 Å². The monoisotopic (exact) mass is 220 g/mol. The Kier molecular flexibility index (Phi) is 2.01. The van der Waals surface area contributed by atoms with Crippen molar-refractivity contribution in [3.05, 3.63) is 0 Å². The van der Waals surface area contributed by atoms with Gasteiger partial charge in [-0.1, -0.05) is 13.8 Å². The number of hydrogen-bond donors (Lipinski definition) is 0. The number of ether oxygens (including phenoxy) is 1. The lowest BCUT2D eigenvalue weighted by atomic mass is 9.81. The van der Waals surface area contributed by atoms with Gasteiger partial charge in [0.15, 0.2) is 5.79 Å². The van der Waals surface area contributed by atoms with E-state index >= 15 is 0 Å². The molecule has 1 aliphatic carbocycles. The maximum absolute atomic E-state index is 11.2. The molecule has 1 saturated heterocycles. The molecule has 0 spiro atoms. The Balaban J connectivity index is 2.32. The normalized spacial score (nSPS) is 40.4. The maximum atomic E-state index is 11.2. The lowest BCUT2D eigenvalue weighted by Gasteiger charge is -2.34. The third-order valence-electron chi connectivity index (χ3n) is 3.63. The first kappa shape index (κ1) is 10.4. The predicted octanol–water partition coefficient (Wildman–Crippen LogP) is 1.13. The molecule has 0 amide bonds. The van der Waals surface area contributed by atoms with E-state index in [0.717, 1.165) is 12.7 Å². The van der Waals surface area contributed by atoms with E-state index in [-0.39, 0.29) is 5.41 Å². The molecular formula is C9H16O4S. The quantitative estimate of drug-likeness (QED) is 0.654. The molecule has 4 nitrogen and oxygen atoms in total. The molecule has 0 aromatic rings. The highest BCUT2D eigenvalue weighted by Gasteiger charge is 2.63. The molecule has 5 heteroatoms. The van der Waals surface area contributed by atoms with E-state index in [1.807, 2.05) is 13.8 Å². The minimum atomic E-state index is -3.45. The maximum Gasteiger partial charge on any atom is 0.267 e. The van der Waals surface area contributed by atoms with Crippen LogP contribution in [0.25, 0.3) is 0 Å². The SMILES string of the molecule is CC1(C)[C@H]2CC[C@@]1(OS(C)(=O)=O)OC2. The average molecular weight is 220 g/mol. The molecule has 1 saturated carbocycles. The van der Waals surface area contributed by atoms with E-state index < -0.39 is 15.9 Å². The van der Waals surface area contributed by atoms with Gasteiger partial charge in [-0.2, -0.15) is 8.42 Å². The van der Waals surface area contributed by atoms with Crippen LogP contribution in [0.15, 0.2) is 0 Å².